The normalized spacial score (nSPS) is 11.6. The van der Waals surface area contributed by atoms with E-state index in [4.69, 9.17) is 18.6 Å². The zero-order chi connectivity index (χ0) is 29.8. The summed E-state index contributed by atoms with van der Waals surface area (Å²) in [5.41, 5.74) is 3.39. The first kappa shape index (κ1) is 29.8. The van der Waals surface area contributed by atoms with Crippen LogP contribution in [0, 0.1) is 10.2 Å². The topological polar surface area (TPSA) is 134 Å². The number of nitrogens with zero attached hydrogens (tertiary/aromatic N) is 2. The third kappa shape index (κ3) is 7.13. The Balaban J connectivity index is 0.000000714. The number of amides is 2. The Morgan fingerprint density at radius 1 is 0.659 bits per heavy atom. The largest absolute Gasteiger partial charge is 0.269 e. The molecule has 41 heavy (non-hydrogen) atoms. The molecule has 0 saturated heterocycles. The number of fused-ring (bicyclic) bond motifs is 2. The van der Waals surface area contributed by atoms with Gasteiger partial charge in [0, 0.05) is 28.8 Å². The summed E-state index contributed by atoms with van der Waals surface area (Å²) < 4.78 is 36.2. The number of halogens is 1. The van der Waals surface area contributed by atoms with Gasteiger partial charge in [-0.15, -0.1) is 10.2 Å². The molecule has 0 fully saturated rings. The Morgan fingerprint density at radius 2 is 1.07 bits per heavy atom. The van der Waals surface area contributed by atoms with Gasteiger partial charge in [-0.3, -0.25) is 14.5 Å². The summed E-state index contributed by atoms with van der Waals surface area (Å²) >= 11 is 0. The summed E-state index contributed by atoms with van der Waals surface area (Å²) in [5.74, 6) is -0.599. The number of hydrogen-bond donors (Lipinski definition) is 0. The Morgan fingerprint density at radius 3 is 1.54 bits per heavy atom. The second-order valence-corrected chi connectivity index (χ2v) is 11.1. The number of rotatable bonds is 4. The highest BCUT2D eigenvalue weighted by Gasteiger charge is 2.37. The molecule has 1 heterocycles. The summed E-state index contributed by atoms with van der Waals surface area (Å²) in [6.45, 7) is 6.36. The third-order valence-electron chi connectivity index (χ3n) is 6.42. The molecule has 0 aliphatic carbocycles. The molecule has 5 aromatic rings. The first-order chi connectivity index (χ1) is 19.4. The zero-order valence-electron chi connectivity index (χ0n) is 22.8. The van der Waals surface area contributed by atoms with Gasteiger partial charge in [-0.1, -0.05) is 72.8 Å². The summed E-state index contributed by atoms with van der Waals surface area (Å²) in [4.78, 5) is 29.5. The maximum absolute atomic E-state index is 14.4. The van der Waals surface area contributed by atoms with E-state index in [1.54, 1.807) is 12.1 Å². The number of benzene rings is 4. The first-order valence-corrected chi connectivity index (χ1v) is 14.0. The van der Waals surface area contributed by atoms with E-state index < -0.39 is 15.8 Å². The molecular formula is C32H29ClN2O6. The Bertz CT molecular complexity index is 1620. The fraction of sp³-hybridized carbons (Fsp3) is 0.156. The molecule has 9 heteroatoms. The van der Waals surface area contributed by atoms with Gasteiger partial charge in [0.1, 0.15) is 0 Å². The van der Waals surface area contributed by atoms with Crippen LogP contribution in [0.5, 0.6) is 0 Å². The van der Waals surface area contributed by atoms with Gasteiger partial charge in [0.2, 0.25) is 11.0 Å². The molecule has 0 atom stereocenters. The van der Waals surface area contributed by atoms with E-state index in [1.165, 1.54) is 10.5 Å². The van der Waals surface area contributed by atoms with Crippen LogP contribution in [0.25, 0.3) is 21.8 Å². The lowest BCUT2D eigenvalue weighted by Crippen LogP contribution is -2.68. The molecule has 0 saturated carbocycles. The number of pyridine rings is 1. The van der Waals surface area contributed by atoms with Crippen LogP contribution in [0.15, 0.2) is 109 Å². The molecule has 5 rings (SSSR count). The van der Waals surface area contributed by atoms with Crippen molar-refractivity contribution in [2.45, 2.75) is 32.9 Å². The van der Waals surface area contributed by atoms with E-state index in [0.717, 1.165) is 21.8 Å². The van der Waals surface area contributed by atoms with Crippen LogP contribution in [-0.4, -0.2) is 22.3 Å². The van der Waals surface area contributed by atoms with Crippen molar-refractivity contribution in [2.24, 2.45) is 0 Å². The molecular weight excluding hydrogens is 544 g/mol. The van der Waals surface area contributed by atoms with Crippen LogP contribution in [-0.2, 0) is 6.54 Å². The molecule has 2 amide bonds. The van der Waals surface area contributed by atoms with Crippen LogP contribution in [0.4, 0.5) is 0 Å². The van der Waals surface area contributed by atoms with E-state index in [9.17, 15) is 9.59 Å². The van der Waals surface area contributed by atoms with Crippen molar-refractivity contribution >= 4 is 33.6 Å². The van der Waals surface area contributed by atoms with Crippen molar-refractivity contribution in [2.75, 3.05) is 0 Å². The molecule has 0 unspecified atom stereocenters. The number of carbonyl (C=O) groups excluding carboxylic acids is 2. The van der Waals surface area contributed by atoms with Crippen LogP contribution in [0.3, 0.4) is 0 Å². The number of aromatic nitrogens is 1. The van der Waals surface area contributed by atoms with Gasteiger partial charge in [0.15, 0.2) is 6.54 Å². The average molecular weight is 573 g/mol. The number of hydrogen-bond acceptors (Lipinski definition) is 6. The molecule has 8 nitrogen and oxygen atoms in total. The fourth-order valence-electron chi connectivity index (χ4n) is 4.81. The van der Waals surface area contributed by atoms with Gasteiger partial charge in [-0.2, -0.15) is 4.57 Å². The summed E-state index contributed by atoms with van der Waals surface area (Å²) in [5, 5.41) is 1.65. The molecule has 0 aliphatic heterocycles. The molecule has 0 spiro atoms. The van der Waals surface area contributed by atoms with Gasteiger partial charge >= 0.3 is 0 Å². The van der Waals surface area contributed by atoms with E-state index in [2.05, 4.69) is 16.7 Å². The van der Waals surface area contributed by atoms with Crippen molar-refractivity contribution in [3.8, 4) is 0 Å². The highest BCUT2D eigenvalue weighted by Crippen LogP contribution is 2.30. The highest BCUT2D eigenvalue weighted by atomic mass is 35.7. The third-order valence-corrected chi connectivity index (χ3v) is 6.42. The number of para-hydroxylation sites is 2. The standard InChI is InChI=1S/C32H29N2O2.ClHO4/c1-32(2,3)34(30(35)24-16-8-5-9-17-24)31(36)29-25-18-10-12-20-27(25)33(22-23-14-6-4-7-15-23)28-21-13-11-19-26(28)29;2-1(3,4)5/h4-21H,22H2,1-3H3;(H,2,3,4,5)/q+1;/p-1. The van der Waals surface area contributed by atoms with Crippen molar-refractivity contribution in [3.05, 3.63) is 126 Å². The molecule has 0 aliphatic rings. The predicted octanol–water partition coefficient (Wildman–Crippen LogP) is 1.65. The average Bonchev–Trinajstić information content (AvgIpc) is 2.92. The van der Waals surface area contributed by atoms with Crippen molar-refractivity contribution < 1.29 is 43.0 Å². The summed E-state index contributed by atoms with van der Waals surface area (Å²) in [7, 11) is -4.94. The fourth-order valence-corrected chi connectivity index (χ4v) is 4.81. The SMILES string of the molecule is CC(C)(C)N(C(=O)c1ccccc1)C(=O)c1c2ccccc2[n+](Cc2ccccc2)c2ccccc12.[O-][Cl+3]([O-])([O-])[O-]. The molecule has 4 aromatic carbocycles. The Kier molecular flexibility index (Phi) is 8.82. The van der Waals surface area contributed by atoms with Crippen LogP contribution < -0.4 is 23.2 Å². The van der Waals surface area contributed by atoms with Crippen LogP contribution in [0.1, 0.15) is 47.1 Å². The lowest BCUT2D eigenvalue weighted by Gasteiger charge is -2.34. The summed E-state index contributed by atoms with van der Waals surface area (Å²) in [6, 6.07) is 35.2. The van der Waals surface area contributed by atoms with Gasteiger partial charge < -0.3 is 0 Å². The monoisotopic (exact) mass is 572 g/mol. The Hall–Kier alpha value is -4.18. The smallest absolute Gasteiger partial charge is 0.262 e. The van der Waals surface area contributed by atoms with E-state index in [-0.39, 0.29) is 11.8 Å². The van der Waals surface area contributed by atoms with Gasteiger partial charge in [0.05, 0.1) is 16.3 Å². The van der Waals surface area contributed by atoms with Crippen LogP contribution >= 0.6 is 0 Å². The minimum absolute atomic E-state index is 0.296. The maximum atomic E-state index is 14.4. The molecule has 210 valence electrons. The number of imide groups is 1. The van der Waals surface area contributed by atoms with Crippen molar-refractivity contribution in [1.82, 2.24) is 4.90 Å². The second-order valence-electron chi connectivity index (χ2n) is 10.3. The minimum atomic E-state index is -4.94. The number of carbonyl (C=O) groups is 2. The zero-order valence-corrected chi connectivity index (χ0v) is 23.6. The van der Waals surface area contributed by atoms with E-state index in [1.807, 2.05) is 106 Å². The minimum Gasteiger partial charge on any atom is -0.269 e. The summed E-state index contributed by atoms with van der Waals surface area (Å²) in [6.07, 6.45) is 0. The van der Waals surface area contributed by atoms with Crippen molar-refractivity contribution in [3.63, 3.8) is 0 Å². The predicted molar refractivity (Wildman–Crippen MR) is 144 cm³/mol. The van der Waals surface area contributed by atoms with Crippen molar-refractivity contribution in [1.29, 1.82) is 0 Å². The van der Waals surface area contributed by atoms with Gasteiger partial charge in [0.25, 0.3) is 11.8 Å². The molecule has 0 N–H and O–H groups in total. The van der Waals surface area contributed by atoms with Gasteiger partial charge in [-0.25, -0.2) is 18.6 Å². The van der Waals surface area contributed by atoms with E-state index >= 15 is 0 Å². The van der Waals surface area contributed by atoms with Gasteiger partial charge in [-0.05, 0) is 45.0 Å². The lowest BCUT2D eigenvalue weighted by atomic mass is 9.96. The molecule has 0 radical (unpaired) electrons. The maximum Gasteiger partial charge on any atom is 0.262 e. The Labute approximate surface area is 240 Å². The van der Waals surface area contributed by atoms with Crippen LogP contribution in [0.2, 0.25) is 0 Å². The first-order valence-electron chi connectivity index (χ1n) is 12.8. The quantitative estimate of drug-likeness (QED) is 0.183. The lowest BCUT2D eigenvalue weighted by molar-refractivity contribution is -2.00. The second kappa shape index (κ2) is 12.1. The molecule has 1 aromatic heterocycles. The van der Waals surface area contributed by atoms with E-state index in [0.29, 0.717) is 17.7 Å². The highest BCUT2D eigenvalue weighted by molar-refractivity contribution is 6.20. The molecule has 0 bridgehead atoms.